The number of hydrogen-bond donors (Lipinski definition) is 2. The van der Waals surface area contributed by atoms with E-state index in [2.05, 4.69) is 31.0 Å². The minimum absolute atomic E-state index is 0.0253. The van der Waals surface area contributed by atoms with E-state index in [1.165, 1.54) is 0 Å². The first-order chi connectivity index (χ1) is 9.27. The minimum atomic E-state index is -1.35. The number of nitrogens with one attached hydrogen (secondary N) is 1. The monoisotopic (exact) mass is 364 g/mol. The third-order valence-corrected chi connectivity index (χ3v) is 3.80. The smallest absolute Gasteiger partial charge is 0.356 e. The number of aromatic carboxylic acids is 1. The summed E-state index contributed by atoms with van der Waals surface area (Å²) in [4.78, 5) is 37.4. The number of methoxy groups -OCH3 is 1. The molecule has 1 rings (SSSR count). The molecule has 0 aliphatic heterocycles. The third kappa shape index (κ3) is 3.67. The van der Waals surface area contributed by atoms with E-state index in [0.717, 1.165) is 7.11 Å². The second kappa shape index (κ2) is 6.67. The first-order valence-electron chi connectivity index (χ1n) is 5.23. The van der Waals surface area contributed by atoms with E-state index in [0.29, 0.717) is 10.0 Å². The van der Waals surface area contributed by atoms with Crippen LogP contribution in [0.1, 0.15) is 22.5 Å². The Hall–Kier alpha value is -1.67. The molecule has 0 atom stereocenters. The van der Waals surface area contributed by atoms with Crippen LogP contribution in [0, 0.1) is 6.92 Å². The number of ether oxygens (including phenoxy) is 1. The van der Waals surface area contributed by atoms with Crippen molar-refractivity contribution in [2.45, 2.75) is 13.3 Å². The maximum atomic E-state index is 11.6. The van der Waals surface area contributed by atoms with Gasteiger partial charge in [0.1, 0.15) is 11.6 Å². The molecule has 0 aliphatic carbocycles. The molecule has 0 unspecified atom stereocenters. The molecule has 20 heavy (non-hydrogen) atoms. The summed E-state index contributed by atoms with van der Waals surface area (Å²) in [6.45, 7) is 1.55. The molecular formula is C11H10BrClN2O5. The first-order valence-corrected chi connectivity index (χ1v) is 6.40. The quantitative estimate of drug-likeness (QED) is 0.480. The summed E-state index contributed by atoms with van der Waals surface area (Å²) in [5.74, 6) is -2.80. The van der Waals surface area contributed by atoms with Crippen LogP contribution < -0.4 is 5.32 Å². The number of aromatic nitrogens is 1. The van der Waals surface area contributed by atoms with Crippen molar-refractivity contribution in [3.05, 3.63) is 20.9 Å². The lowest BCUT2D eigenvalue weighted by molar-refractivity contribution is -0.142. The number of hydrogen-bond acceptors (Lipinski definition) is 5. The summed E-state index contributed by atoms with van der Waals surface area (Å²) < 4.78 is 4.71. The van der Waals surface area contributed by atoms with E-state index < -0.39 is 30.0 Å². The fourth-order valence-corrected chi connectivity index (χ4v) is 1.85. The zero-order valence-electron chi connectivity index (χ0n) is 10.5. The molecule has 0 bridgehead atoms. The van der Waals surface area contributed by atoms with E-state index >= 15 is 0 Å². The number of anilines is 1. The molecule has 0 aromatic carbocycles. The number of rotatable bonds is 4. The molecule has 1 aromatic rings. The summed E-state index contributed by atoms with van der Waals surface area (Å²) >= 11 is 8.91. The van der Waals surface area contributed by atoms with Crippen LogP contribution in [0.2, 0.25) is 5.15 Å². The van der Waals surface area contributed by atoms with Crippen molar-refractivity contribution < 1.29 is 24.2 Å². The average Bonchev–Trinajstić information content (AvgIpc) is 2.38. The van der Waals surface area contributed by atoms with E-state index in [1.54, 1.807) is 6.92 Å². The number of nitrogens with zero attached hydrogens (tertiary/aromatic N) is 1. The molecule has 1 heterocycles. The Labute approximate surface area is 127 Å². The molecule has 0 radical (unpaired) electrons. The molecule has 0 saturated heterocycles. The zero-order valence-corrected chi connectivity index (χ0v) is 12.8. The van der Waals surface area contributed by atoms with Crippen LogP contribution in [0.15, 0.2) is 4.47 Å². The topological polar surface area (TPSA) is 106 Å². The number of esters is 1. The lowest BCUT2D eigenvalue weighted by Gasteiger charge is -2.13. The van der Waals surface area contributed by atoms with Gasteiger partial charge in [0.05, 0.1) is 17.3 Å². The van der Waals surface area contributed by atoms with Crippen LogP contribution in [0.3, 0.4) is 0 Å². The zero-order chi connectivity index (χ0) is 15.4. The Kier molecular flexibility index (Phi) is 5.46. The molecular weight excluding hydrogens is 355 g/mol. The van der Waals surface area contributed by atoms with Crippen LogP contribution in [0.5, 0.6) is 0 Å². The van der Waals surface area contributed by atoms with Crippen molar-refractivity contribution in [2.75, 3.05) is 12.4 Å². The van der Waals surface area contributed by atoms with Gasteiger partial charge in [0.15, 0.2) is 5.69 Å². The Bertz CT molecular complexity index is 591. The van der Waals surface area contributed by atoms with E-state index in [1.807, 2.05) is 0 Å². The van der Waals surface area contributed by atoms with Crippen molar-refractivity contribution in [2.24, 2.45) is 0 Å². The Morgan fingerprint density at radius 3 is 2.55 bits per heavy atom. The van der Waals surface area contributed by atoms with Crippen LogP contribution in [-0.4, -0.2) is 35.0 Å². The van der Waals surface area contributed by atoms with Gasteiger partial charge in [-0.1, -0.05) is 11.6 Å². The van der Waals surface area contributed by atoms with Gasteiger partial charge in [-0.2, -0.15) is 0 Å². The highest BCUT2D eigenvalue weighted by atomic mass is 79.9. The van der Waals surface area contributed by atoms with Crippen molar-refractivity contribution in [1.29, 1.82) is 0 Å². The number of carbonyl (C=O) groups excluding carboxylic acids is 2. The number of halogens is 2. The molecule has 108 valence electrons. The highest BCUT2D eigenvalue weighted by Crippen LogP contribution is 2.32. The lowest BCUT2D eigenvalue weighted by atomic mass is 10.2. The van der Waals surface area contributed by atoms with Gasteiger partial charge in [0.2, 0.25) is 5.91 Å². The molecule has 0 fully saturated rings. The highest BCUT2D eigenvalue weighted by Gasteiger charge is 2.22. The third-order valence-electron chi connectivity index (χ3n) is 2.33. The maximum absolute atomic E-state index is 11.6. The summed E-state index contributed by atoms with van der Waals surface area (Å²) in [5, 5.41) is 11.4. The van der Waals surface area contributed by atoms with Gasteiger partial charge in [-0.25, -0.2) is 9.78 Å². The molecule has 7 nitrogen and oxygen atoms in total. The number of carbonyl (C=O) groups is 3. The predicted octanol–water partition coefficient (Wildman–Crippen LogP) is 2.01. The summed E-state index contributed by atoms with van der Waals surface area (Å²) in [5.41, 5.74) is -0.0443. The van der Waals surface area contributed by atoms with Crippen LogP contribution in [0.25, 0.3) is 0 Å². The van der Waals surface area contributed by atoms with Gasteiger partial charge in [-0.15, -0.1) is 0 Å². The molecule has 0 saturated carbocycles. The molecule has 0 aliphatic rings. The Morgan fingerprint density at radius 1 is 1.45 bits per heavy atom. The first kappa shape index (κ1) is 16.4. The number of carboxylic acids is 1. The lowest BCUT2D eigenvalue weighted by Crippen LogP contribution is -2.20. The standard InChI is InChI=1S/C11H10BrClN2O5/c1-4-7(12)10(13)15-9(11(18)19)8(4)14-5(16)3-6(17)20-2/h3H2,1-2H3,(H,14,16)(H,18,19). The van der Waals surface area contributed by atoms with Crippen LogP contribution in [0.4, 0.5) is 5.69 Å². The highest BCUT2D eigenvalue weighted by molar-refractivity contribution is 9.10. The van der Waals surface area contributed by atoms with Crippen molar-refractivity contribution in [3.63, 3.8) is 0 Å². The molecule has 1 amide bonds. The molecule has 2 N–H and O–H groups in total. The Morgan fingerprint density at radius 2 is 2.05 bits per heavy atom. The van der Waals surface area contributed by atoms with E-state index in [9.17, 15) is 14.4 Å². The van der Waals surface area contributed by atoms with Crippen LogP contribution >= 0.6 is 27.5 Å². The number of carboxylic acid groups (broad SMARTS) is 1. The summed E-state index contributed by atoms with van der Waals surface area (Å²) in [6.07, 6.45) is -0.532. The van der Waals surface area contributed by atoms with Crippen molar-refractivity contribution in [3.8, 4) is 0 Å². The van der Waals surface area contributed by atoms with E-state index in [4.69, 9.17) is 16.7 Å². The average molecular weight is 366 g/mol. The SMILES string of the molecule is COC(=O)CC(=O)Nc1c(C(=O)O)nc(Cl)c(Br)c1C. The number of pyridine rings is 1. The van der Waals surface area contributed by atoms with Gasteiger partial charge in [0.25, 0.3) is 0 Å². The summed E-state index contributed by atoms with van der Waals surface area (Å²) in [7, 11) is 1.14. The largest absolute Gasteiger partial charge is 0.476 e. The van der Waals surface area contributed by atoms with Gasteiger partial charge in [-0.3, -0.25) is 9.59 Å². The van der Waals surface area contributed by atoms with Gasteiger partial charge in [0, 0.05) is 0 Å². The fourth-order valence-electron chi connectivity index (χ4n) is 1.34. The summed E-state index contributed by atoms with van der Waals surface area (Å²) in [6, 6.07) is 0. The molecule has 9 heteroatoms. The van der Waals surface area contributed by atoms with Gasteiger partial charge < -0.3 is 15.2 Å². The predicted molar refractivity (Wildman–Crippen MR) is 73.9 cm³/mol. The minimum Gasteiger partial charge on any atom is -0.476 e. The second-order valence-corrected chi connectivity index (χ2v) is 4.82. The maximum Gasteiger partial charge on any atom is 0.356 e. The molecule has 1 aromatic heterocycles. The van der Waals surface area contributed by atoms with Crippen molar-refractivity contribution >= 4 is 51.1 Å². The van der Waals surface area contributed by atoms with Gasteiger partial charge >= 0.3 is 11.9 Å². The molecule has 0 spiro atoms. The fraction of sp³-hybridized carbons (Fsp3) is 0.273. The number of amides is 1. The normalized spacial score (nSPS) is 10.0. The van der Waals surface area contributed by atoms with Crippen molar-refractivity contribution in [1.82, 2.24) is 4.98 Å². The van der Waals surface area contributed by atoms with E-state index in [-0.39, 0.29) is 10.8 Å². The second-order valence-electron chi connectivity index (χ2n) is 3.67. The Balaban J connectivity index is 3.17. The van der Waals surface area contributed by atoms with Gasteiger partial charge in [-0.05, 0) is 28.4 Å². The van der Waals surface area contributed by atoms with Crippen LogP contribution in [-0.2, 0) is 14.3 Å².